The van der Waals surface area contributed by atoms with Crippen molar-refractivity contribution >= 4 is 11.8 Å². The maximum absolute atomic E-state index is 5.79. The summed E-state index contributed by atoms with van der Waals surface area (Å²) < 4.78 is 13.0. The van der Waals surface area contributed by atoms with Crippen molar-refractivity contribution in [3.63, 3.8) is 0 Å². The van der Waals surface area contributed by atoms with Crippen LogP contribution in [0.5, 0.6) is 5.75 Å². The van der Waals surface area contributed by atoms with Crippen LogP contribution in [0.4, 0.5) is 0 Å². The topological polar surface area (TPSA) is 78.9 Å². The minimum Gasteiger partial charge on any atom is -0.494 e. The predicted molar refractivity (Wildman–Crippen MR) is 99.4 cm³/mol. The highest BCUT2D eigenvalue weighted by atomic mass is 32.2. The Balaban J connectivity index is 1.36. The molecule has 0 aliphatic carbocycles. The molecule has 138 valence electrons. The third kappa shape index (κ3) is 5.32. The first-order chi connectivity index (χ1) is 12.5. The van der Waals surface area contributed by atoms with Crippen molar-refractivity contribution in [2.45, 2.75) is 44.4 Å². The molecule has 3 aromatic rings. The number of aromatic nitrogens is 5. The SMILES string of the molecule is CC(C)(C)c1ccc(OCCCSc2nnc(Cn3cncn3)o2)cc1. The minimum atomic E-state index is 0.159. The second-order valence-electron chi connectivity index (χ2n) is 6.88. The van der Waals surface area contributed by atoms with Gasteiger partial charge in [-0.3, -0.25) is 0 Å². The Bertz CT molecular complexity index is 794. The Morgan fingerprint density at radius 1 is 1.15 bits per heavy atom. The molecule has 0 saturated carbocycles. The second kappa shape index (κ2) is 8.35. The van der Waals surface area contributed by atoms with Crippen molar-refractivity contribution < 1.29 is 9.15 Å². The maximum atomic E-state index is 5.79. The largest absolute Gasteiger partial charge is 0.494 e. The van der Waals surface area contributed by atoms with E-state index in [9.17, 15) is 0 Å². The summed E-state index contributed by atoms with van der Waals surface area (Å²) in [6, 6.07) is 8.31. The number of ether oxygens (including phenoxy) is 1. The molecule has 8 heteroatoms. The van der Waals surface area contributed by atoms with Gasteiger partial charge in [-0.15, -0.1) is 10.2 Å². The van der Waals surface area contributed by atoms with Crippen molar-refractivity contribution in [3.05, 3.63) is 48.4 Å². The summed E-state index contributed by atoms with van der Waals surface area (Å²) >= 11 is 1.53. The summed E-state index contributed by atoms with van der Waals surface area (Å²) in [5, 5.41) is 12.6. The number of rotatable bonds is 8. The van der Waals surface area contributed by atoms with Gasteiger partial charge in [-0.1, -0.05) is 44.7 Å². The van der Waals surface area contributed by atoms with E-state index < -0.39 is 0 Å². The van der Waals surface area contributed by atoms with Crippen molar-refractivity contribution in [2.24, 2.45) is 0 Å². The molecule has 26 heavy (non-hydrogen) atoms. The van der Waals surface area contributed by atoms with Gasteiger partial charge in [0.25, 0.3) is 5.22 Å². The Kier molecular flexibility index (Phi) is 5.92. The van der Waals surface area contributed by atoms with Gasteiger partial charge in [0, 0.05) is 5.75 Å². The van der Waals surface area contributed by atoms with Gasteiger partial charge in [0.05, 0.1) is 6.61 Å². The van der Waals surface area contributed by atoms with E-state index in [1.165, 1.54) is 23.7 Å². The van der Waals surface area contributed by atoms with E-state index in [2.05, 4.69) is 53.2 Å². The van der Waals surface area contributed by atoms with Crippen LogP contribution in [0.2, 0.25) is 0 Å². The summed E-state index contributed by atoms with van der Waals surface area (Å²) in [5.41, 5.74) is 1.46. The summed E-state index contributed by atoms with van der Waals surface area (Å²) in [6.07, 6.45) is 3.98. The van der Waals surface area contributed by atoms with Crippen LogP contribution in [0.1, 0.15) is 38.6 Å². The lowest BCUT2D eigenvalue weighted by atomic mass is 9.87. The molecule has 0 amide bonds. The van der Waals surface area contributed by atoms with Gasteiger partial charge >= 0.3 is 0 Å². The lowest BCUT2D eigenvalue weighted by Crippen LogP contribution is -2.10. The van der Waals surface area contributed by atoms with Crippen LogP contribution in [0.3, 0.4) is 0 Å². The average molecular weight is 373 g/mol. The average Bonchev–Trinajstić information content (AvgIpc) is 3.27. The van der Waals surface area contributed by atoms with Gasteiger partial charge in [0.2, 0.25) is 5.89 Å². The zero-order valence-corrected chi connectivity index (χ0v) is 16.1. The van der Waals surface area contributed by atoms with Crippen LogP contribution in [0.25, 0.3) is 0 Å². The van der Waals surface area contributed by atoms with Crippen molar-refractivity contribution in [2.75, 3.05) is 12.4 Å². The molecule has 3 rings (SSSR count). The van der Waals surface area contributed by atoms with E-state index in [0.29, 0.717) is 24.3 Å². The number of hydrogen-bond donors (Lipinski definition) is 0. The first-order valence-corrected chi connectivity index (χ1v) is 9.50. The van der Waals surface area contributed by atoms with Crippen molar-refractivity contribution in [1.82, 2.24) is 25.0 Å². The molecule has 0 N–H and O–H groups in total. The summed E-state index contributed by atoms with van der Waals surface area (Å²) in [7, 11) is 0. The highest BCUT2D eigenvalue weighted by Crippen LogP contribution is 2.24. The van der Waals surface area contributed by atoms with Crippen molar-refractivity contribution in [1.29, 1.82) is 0 Å². The predicted octanol–water partition coefficient (Wildman–Crippen LogP) is 3.57. The molecular formula is C18H23N5O2S. The van der Waals surface area contributed by atoms with Crippen LogP contribution < -0.4 is 4.74 Å². The Hall–Kier alpha value is -2.35. The number of benzene rings is 1. The van der Waals surface area contributed by atoms with Crippen LogP contribution in [-0.4, -0.2) is 37.3 Å². The van der Waals surface area contributed by atoms with E-state index >= 15 is 0 Å². The molecule has 0 aliphatic heterocycles. The summed E-state index contributed by atoms with van der Waals surface area (Å²) in [5.74, 6) is 2.27. The Morgan fingerprint density at radius 3 is 2.65 bits per heavy atom. The van der Waals surface area contributed by atoms with Gasteiger partial charge in [-0.25, -0.2) is 9.67 Å². The lowest BCUT2D eigenvalue weighted by Gasteiger charge is -2.19. The molecular weight excluding hydrogens is 350 g/mol. The van der Waals surface area contributed by atoms with Crippen LogP contribution in [-0.2, 0) is 12.0 Å². The highest BCUT2D eigenvalue weighted by Gasteiger charge is 2.13. The molecule has 0 fully saturated rings. The summed E-state index contributed by atoms with van der Waals surface area (Å²) in [4.78, 5) is 3.88. The standard InChI is InChI=1S/C18H23N5O2S/c1-18(2,3)14-5-7-15(8-6-14)24-9-4-10-26-17-22-21-16(25-17)11-23-13-19-12-20-23/h5-8,12-13H,4,9-11H2,1-3H3. The highest BCUT2D eigenvalue weighted by molar-refractivity contribution is 7.99. The molecule has 1 aromatic carbocycles. The normalized spacial score (nSPS) is 11.7. The van der Waals surface area contributed by atoms with Gasteiger partial charge in [-0.2, -0.15) is 5.10 Å². The fourth-order valence-electron chi connectivity index (χ4n) is 2.27. The van der Waals surface area contributed by atoms with Crippen LogP contribution in [0, 0.1) is 0 Å². The number of thioether (sulfide) groups is 1. The zero-order chi connectivity index (χ0) is 18.4. The summed E-state index contributed by atoms with van der Waals surface area (Å²) in [6.45, 7) is 7.70. The van der Waals surface area contributed by atoms with Crippen LogP contribution in [0.15, 0.2) is 46.6 Å². The fraction of sp³-hybridized carbons (Fsp3) is 0.444. The Morgan fingerprint density at radius 2 is 1.96 bits per heavy atom. The molecule has 7 nitrogen and oxygen atoms in total. The third-order valence-electron chi connectivity index (χ3n) is 3.72. The molecule has 0 aliphatic rings. The van der Waals surface area contributed by atoms with Gasteiger partial charge < -0.3 is 9.15 Å². The molecule has 0 spiro atoms. The van der Waals surface area contributed by atoms with E-state index in [-0.39, 0.29) is 5.41 Å². The first kappa shape index (κ1) is 18.4. The van der Waals surface area contributed by atoms with Crippen molar-refractivity contribution in [3.8, 4) is 5.75 Å². The van der Waals surface area contributed by atoms with Crippen LogP contribution >= 0.6 is 11.8 Å². The van der Waals surface area contributed by atoms with Gasteiger partial charge in [0.15, 0.2) is 0 Å². The van der Waals surface area contributed by atoms with E-state index in [4.69, 9.17) is 9.15 Å². The Labute approximate surface area is 157 Å². The van der Waals surface area contributed by atoms with E-state index in [1.807, 2.05) is 12.1 Å². The number of nitrogens with zero attached hydrogens (tertiary/aromatic N) is 5. The number of hydrogen-bond acceptors (Lipinski definition) is 7. The quantitative estimate of drug-likeness (QED) is 0.441. The smallest absolute Gasteiger partial charge is 0.276 e. The fourth-order valence-corrected chi connectivity index (χ4v) is 2.96. The molecule has 0 radical (unpaired) electrons. The molecule has 0 unspecified atom stereocenters. The molecule has 0 bridgehead atoms. The maximum Gasteiger partial charge on any atom is 0.276 e. The lowest BCUT2D eigenvalue weighted by molar-refractivity contribution is 0.318. The molecule has 2 aromatic heterocycles. The van der Waals surface area contributed by atoms with E-state index in [1.54, 1.807) is 11.0 Å². The molecule has 0 saturated heterocycles. The van der Waals surface area contributed by atoms with Gasteiger partial charge in [-0.05, 0) is 29.5 Å². The minimum absolute atomic E-state index is 0.159. The zero-order valence-electron chi connectivity index (χ0n) is 15.3. The first-order valence-electron chi connectivity index (χ1n) is 8.52. The molecule has 0 atom stereocenters. The van der Waals surface area contributed by atoms with E-state index in [0.717, 1.165) is 17.9 Å². The monoisotopic (exact) mass is 373 g/mol. The third-order valence-corrected chi connectivity index (χ3v) is 4.62. The second-order valence-corrected chi connectivity index (χ2v) is 7.93. The van der Waals surface area contributed by atoms with Gasteiger partial charge in [0.1, 0.15) is 24.9 Å². The molecule has 2 heterocycles.